The topological polar surface area (TPSA) is 79.9 Å². The lowest BCUT2D eigenvalue weighted by Gasteiger charge is -2.05. The van der Waals surface area contributed by atoms with Crippen LogP contribution in [0.2, 0.25) is 0 Å². The van der Waals surface area contributed by atoms with Crippen LogP contribution >= 0.6 is 11.3 Å². The number of carbonyl (C=O) groups excluding carboxylic acids is 1. The molecule has 0 fully saturated rings. The molecule has 29 heavy (non-hydrogen) atoms. The van der Waals surface area contributed by atoms with Crippen LogP contribution < -0.4 is 10.1 Å². The van der Waals surface area contributed by atoms with E-state index in [0.29, 0.717) is 16.5 Å². The summed E-state index contributed by atoms with van der Waals surface area (Å²) >= 11 is 1.43. The van der Waals surface area contributed by atoms with Crippen molar-refractivity contribution in [2.75, 3.05) is 7.11 Å². The van der Waals surface area contributed by atoms with E-state index in [1.807, 2.05) is 66.9 Å². The average Bonchev–Trinajstić information content (AvgIpc) is 3.43. The van der Waals surface area contributed by atoms with Crippen LogP contribution in [0.3, 0.4) is 0 Å². The van der Waals surface area contributed by atoms with Gasteiger partial charge in [0.1, 0.15) is 11.6 Å². The zero-order valence-electron chi connectivity index (χ0n) is 16.1. The maximum atomic E-state index is 12.7. The zero-order chi connectivity index (χ0) is 20.2. The minimum atomic E-state index is -0.127. The molecule has 0 atom stereocenters. The lowest BCUT2D eigenvalue weighted by molar-refractivity contribution is 0.0954. The zero-order valence-corrected chi connectivity index (χ0v) is 16.9. The Morgan fingerprint density at radius 2 is 1.79 bits per heavy atom. The first-order valence-corrected chi connectivity index (χ1v) is 10.0. The number of methoxy groups -OCH3 is 1. The average molecular weight is 404 g/mol. The van der Waals surface area contributed by atoms with Gasteiger partial charge in [0.2, 0.25) is 0 Å². The molecule has 2 aromatic heterocycles. The highest BCUT2D eigenvalue weighted by atomic mass is 32.1. The second-order valence-corrected chi connectivity index (χ2v) is 7.46. The fraction of sp³-hybridized carbons (Fsp3) is 0.136. The van der Waals surface area contributed by atoms with E-state index in [1.165, 1.54) is 16.9 Å². The molecular weight excluding hydrogens is 384 g/mol. The molecule has 0 bridgehead atoms. The fourth-order valence-corrected chi connectivity index (χ4v) is 3.77. The maximum absolute atomic E-state index is 12.7. The van der Waals surface area contributed by atoms with Crippen molar-refractivity contribution in [1.29, 1.82) is 0 Å². The Labute approximate surface area is 172 Å². The van der Waals surface area contributed by atoms with Gasteiger partial charge in [0.25, 0.3) is 5.91 Å². The third kappa shape index (κ3) is 4.20. The third-order valence-electron chi connectivity index (χ3n) is 4.53. The highest BCUT2D eigenvalue weighted by Gasteiger charge is 2.15. The molecule has 0 aliphatic rings. The van der Waals surface area contributed by atoms with Crippen LogP contribution in [0.25, 0.3) is 22.5 Å². The summed E-state index contributed by atoms with van der Waals surface area (Å²) in [5.41, 5.74) is 4.03. The minimum Gasteiger partial charge on any atom is -0.497 e. The van der Waals surface area contributed by atoms with Crippen LogP contribution in [0, 0.1) is 6.92 Å². The minimum absolute atomic E-state index is 0.127. The van der Waals surface area contributed by atoms with Crippen molar-refractivity contribution in [2.45, 2.75) is 13.5 Å². The summed E-state index contributed by atoms with van der Waals surface area (Å²) in [7, 11) is 1.63. The number of hydrogen-bond acceptors (Lipinski definition) is 5. The number of aryl methyl sites for hydroxylation is 1. The molecule has 0 saturated heterocycles. The molecule has 6 nitrogen and oxygen atoms in total. The number of rotatable bonds is 6. The molecule has 0 aliphatic heterocycles. The summed E-state index contributed by atoms with van der Waals surface area (Å²) in [5.74, 6) is 1.82. The molecule has 2 heterocycles. The van der Waals surface area contributed by atoms with E-state index in [1.54, 1.807) is 7.11 Å². The van der Waals surface area contributed by atoms with Gasteiger partial charge in [-0.15, -0.1) is 11.3 Å². The number of H-pyrrole nitrogens is 1. The van der Waals surface area contributed by atoms with Crippen LogP contribution in [0.4, 0.5) is 0 Å². The highest BCUT2D eigenvalue weighted by molar-refractivity contribution is 7.12. The van der Waals surface area contributed by atoms with E-state index in [2.05, 4.69) is 20.5 Å². The summed E-state index contributed by atoms with van der Waals surface area (Å²) in [4.78, 5) is 17.9. The third-order valence-corrected chi connectivity index (χ3v) is 5.44. The molecule has 4 aromatic rings. The SMILES string of the molecule is COc1ccc(-c2n[nH]c(CNC(=O)c3sccc3-c3ccc(C)cc3)n2)cc1. The van der Waals surface area contributed by atoms with Gasteiger partial charge in [-0.1, -0.05) is 29.8 Å². The van der Waals surface area contributed by atoms with Gasteiger partial charge in [-0.3, -0.25) is 9.89 Å². The molecule has 4 rings (SSSR count). The van der Waals surface area contributed by atoms with Crippen LogP contribution in [0.1, 0.15) is 21.1 Å². The van der Waals surface area contributed by atoms with E-state index in [-0.39, 0.29) is 12.5 Å². The molecule has 0 aliphatic carbocycles. The number of carbonyl (C=O) groups is 1. The normalized spacial score (nSPS) is 10.7. The smallest absolute Gasteiger partial charge is 0.262 e. The second-order valence-electron chi connectivity index (χ2n) is 6.55. The molecule has 0 unspecified atom stereocenters. The summed E-state index contributed by atoms with van der Waals surface area (Å²) in [6, 6.07) is 17.6. The van der Waals surface area contributed by atoms with Crippen LogP contribution in [-0.4, -0.2) is 28.2 Å². The van der Waals surface area contributed by atoms with Crippen molar-refractivity contribution < 1.29 is 9.53 Å². The van der Waals surface area contributed by atoms with Gasteiger partial charge in [0.05, 0.1) is 18.5 Å². The van der Waals surface area contributed by atoms with Gasteiger partial charge >= 0.3 is 0 Å². The molecule has 2 N–H and O–H groups in total. The number of thiophene rings is 1. The first-order chi connectivity index (χ1) is 14.1. The Morgan fingerprint density at radius 3 is 2.52 bits per heavy atom. The Balaban J connectivity index is 1.44. The second kappa shape index (κ2) is 8.28. The number of amides is 1. The van der Waals surface area contributed by atoms with Crippen LogP contribution in [-0.2, 0) is 6.54 Å². The van der Waals surface area contributed by atoms with Crippen molar-refractivity contribution in [2.24, 2.45) is 0 Å². The molecule has 7 heteroatoms. The monoisotopic (exact) mass is 404 g/mol. The van der Waals surface area contributed by atoms with Crippen molar-refractivity contribution in [3.63, 3.8) is 0 Å². The number of ether oxygens (including phenoxy) is 1. The number of aromatic amines is 1. The number of aromatic nitrogens is 3. The van der Waals surface area contributed by atoms with Crippen molar-refractivity contribution >= 4 is 17.2 Å². The van der Waals surface area contributed by atoms with Crippen molar-refractivity contribution in [1.82, 2.24) is 20.5 Å². The fourth-order valence-electron chi connectivity index (χ4n) is 2.93. The standard InChI is InChI=1S/C22H20N4O2S/c1-14-3-5-15(6-4-14)18-11-12-29-20(18)22(27)23-13-19-24-21(26-25-19)16-7-9-17(28-2)10-8-16/h3-12H,13H2,1-2H3,(H,23,27)(H,24,25,26). The van der Waals surface area contributed by atoms with E-state index < -0.39 is 0 Å². The summed E-state index contributed by atoms with van der Waals surface area (Å²) in [6.07, 6.45) is 0. The van der Waals surface area contributed by atoms with Crippen LogP contribution in [0.15, 0.2) is 60.0 Å². The molecular formula is C22H20N4O2S. The molecule has 146 valence electrons. The van der Waals surface area contributed by atoms with Crippen LogP contribution in [0.5, 0.6) is 5.75 Å². The molecule has 0 radical (unpaired) electrons. The quantitative estimate of drug-likeness (QED) is 0.498. The molecule has 2 aromatic carbocycles. The summed E-state index contributed by atoms with van der Waals surface area (Å²) in [6.45, 7) is 2.32. The van der Waals surface area contributed by atoms with Crippen molar-refractivity contribution in [3.05, 3.63) is 76.2 Å². The number of nitrogens with zero attached hydrogens (tertiary/aromatic N) is 2. The Morgan fingerprint density at radius 1 is 1.07 bits per heavy atom. The molecule has 0 spiro atoms. The van der Waals surface area contributed by atoms with Gasteiger partial charge < -0.3 is 10.1 Å². The first-order valence-electron chi connectivity index (χ1n) is 9.12. The van der Waals surface area contributed by atoms with Crippen molar-refractivity contribution in [3.8, 4) is 28.3 Å². The van der Waals surface area contributed by atoms with E-state index in [9.17, 15) is 4.79 Å². The maximum Gasteiger partial charge on any atom is 0.262 e. The summed E-state index contributed by atoms with van der Waals surface area (Å²) in [5, 5.41) is 12.0. The lowest BCUT2D eigenvalue weighted by atomic mass is 10.0. The molecule has 1 amide bonds. The number of nitrogens with one attached hydrogen (secondary N) is 2. The number of benzene rings is 2. The number of hydrogen-bond donors (Lipinski definition) is 2. The van der Waals surface area contributed by atoms with E-state index in [0.717, 1.165) is 22.4 Å². The predicted octanol–water partition coefficient (Wildman–Crippen LogP) is 4.45. The van der Waals surface area contributed by atoms with Gasteiger partial charge in [0.15, 0.2) is 5.82 Å². The summed E-state index contributed by atoms with van der Waals surface area (Å²) < 4.78 is 5.16. The first kappa shape index (κ1) is 18.9. The lowest BCUT2D eigenvalue weighted by Crippen LogP contribution is -2.23. The Hall–Kier alpha value is -3.45. The van der Waals surface area contributed by atoms with Gasteiger partial charge in [-0.05, 0) is 48.2 Å². The Kier molecular flexibility index (Phi) is 5.39. The van der Waals surface area contributed by atoms with Gasteiger partial charge in [-0.2, -0.15) is 5.10 Å². The van der Waals surface area contributed by atoms with Gasteiger partial charge in [-0.25, -0.2) is 4.98 Å². The Bertz CT molecular complexity index is 1110. The van der Waals surface area contributed by atoms with Gasteiger partial charge in [0, 0.05) is 11.1 Å². The molecule has 0 saturated carbocycles. The largest absolute Gasteiger partial charge is 0.497 e. The van der Waals surface area contributed by atoms with E-state index in [4.69, 9.17) is 4.74 Å². The van der Waals surface area contributed by atoms with E-state index >= 15 is 0 Å². The predicted molar refractivity (Wildman–Crippen MR) is 114 cm³/mol. The highest BCUT2D eigenvalue weighted by Crippen LogP contribution is 2.28.